The van der Waals surface area contributed by atoms with Crippen molar-refractivity contribution in [3.63, 3.8) is 0 Å². The van der Waals surface area contributed by atoms with Crippen LogP contribution in [0.2, 0.25) is 0 Å². The van der Waals surface area contributed by atoms with E-state index in [9.17, 15) is 4.39 Å². The molecule has 1 heterocycles. The zero-order valence-corrected chi connectivity index (χ0v) is 8.41. The fourth-order valence-corrected chi connectivity index (χ4v) is 1.46. The van der Waals surface area contributed by atoms with Crippen molar-refractivity contribution < 1.29 is 13.9 Å². The molecule has 1 aromatic carbocycles. The quantitative estimate of drug-likeness (QED) is 0.706. The van der Waals surface area contributed by atoms with Crippen LogP contribution in [0.25, 0.3) is 5.76 Å². The van der Waals surface area contributed by atoms with Crippen LogP contribution in [-0.4, -0.2) is 19.8 Å². The molecule has 1 aromatic rings. The summed E-state index contributed by atoms with van der Waals surface area (Å²) in [7, 11) is 0. The van der Waals surface area contributed by atoms with E-state index in [-0.39, 0.29) is 5.82 Å². The summed E-state index contributed by atoms with van der Waals surface area (Å²) in [5.74, 6) is 0.590. The summed E-state index contributed by atoms with van der Waals surface area (Å²) in [6.07, 6.45) is 2.80. The van der Waals surface area contributed by atoms with Crippen LogP contribution < -0.4 is 0 Å². The molecule has 15 heavy (non-hydrogen) atoms. The minimum Gasteiger partial charge on any atom is -0.491 e. The Balaban J connectivity index is 2.16. The molecule has 0 radical (unpaired) electrons. The summed E-state index contributed by atoms with van der Waals surface area (Å²) in [6.45, 7) is 1.87. The van der Waals surface area contributed by atoms with Gasteiger partial charge in [-0.25, -0.2) is 4.39 Å². The van der Waals surface area contributed by atoms with E-state index in [1.165, 1.54) is 12.1 Å². The Morgan fingerprint density at radius 3 is 2.60 bits per heavy atom. The molecule has 0 N–H and O–H groups in total. The smallest absolute Gasteiger partial charge is 0.123 e. The molecule has 0 bridgehead atoms. The first-order chi connectivity index (χ1) is 7.36. The molecular weight excluding hydrogens is 195 g/mol. The van der Waals surface area contributed by atoms with E-state index in [0.29, 0.717) is 19.8 Å². The summed E-state index contributed by atoms with van der Waals surface area (Å²) < 4.78 is 23.5. The fourth-order valence-electron chi connectivity index (χ4n) is 1.46. The molecule has 0 unspecified atom stereocenters. The van der Waals surface area contributed by atoms with Crippen molar-refractivity contribution in [1.29, 1.82) is 0 Å². The van der Waals surface area contributed by atoms with Crippen molar-refractivity contribution in [3.8, 4) is 0 Å². The highest BCUT2D eigenvalue weighted by Gasteiger charge is 2.05. The summed E-state index contributed by atoms with van der Waals surface area (Å²) in [6, 6.07) is 6.33. The summed E-state index contributed by atoms with van der Waals surface area (Å²) in [5, 5.41) is 0. The highest BCUT2D eigenvalue weighted by Crippen LogP contribution is 2.18. The Bertz CT molecular complexity index is 343. The van der Waals surface area contributed by atoms with Gasteiger partial charge in [0.05, 0.1) is 13.2 Å². The lowest BCUT2D eigenvalue weighted by molar-refractivity contribution is 0.0875. The topological polar surface area (TPSA) is 18.5 Å². The largest absolute Gasteiger partial charge is 0.491 e. The predicted octanol–water partition coefficient (Wildman–Crippen LogP) is 2.60. The average molecular weight is 208 g/mol. The molecule has 2 rings (SSSR count). The summed E-state index contributed by atoms with van der Waals surface area (Å²) in [4.78, 5) is 0. The van der Waals surface area contributed by atoms with Gasteiger partial charge in [0.25, 0.3) is 0 Å². The Hall–Kier alpha value is -1.35. The third-order valence-corrected chi connectivity index (χ3v) is 2.21. The van der Waals surface area contributed by atoms with Gasteiger partial charge in [0.2, 0.25) is 0 Å². The third kappa shape index (κ3) is 2.80. The van der Waals surface area contributed by atoms with Crippen LogP contribution in [0.3, 0.4) is 0 Å². The maximum Gasteiger partial charge on any atom is 0.123 e. The van der Waals surface area contributed by atoms with Crippen LogP contribution in [0.15, 0.2) is 30.3 Å². The van der Waals surface area contributed by atoms with Gasteiger partial charge in [-0.15, -0.1) is 0 Å². The number of rotatable bonds is 1. The molecule has 0 saturated carbocycles. The second kappa shape index (κ2) is 4.94. The van der Waals surface area contributed by atoms with Crippen LogP contribution in [0, 0.1) is 5.82 Å². The molecule has 1 aliphatic heterocycles. The number of ether oxygens (including phenoxy) is 2. The first-order valence-corrected chi connectivity index (χ1v) is 5.03. The van der Waals surface area contributed by atoms with Gasteiger partial charge >= 0.3 is 0 Å². The van der Waals surface area contributed by atoms with E-state index in [2.05, 4.69) is 0 Å². The van der Waals surface area contributed by atoms with Gasteiger partial charge in [0.15, 0.2) is 0 Å². The first kappa shape index (κ1) is 10.2. The fraction of sp³-hybridized carbons (Fsp3) is 0.333. The maximum atomic E-state index is 12.7. The van der Waals surface area contributed by atoms with Gasteiger partial charge in [-0.1, -0.05) is 0 Å². The normalized spacial score (nSPS) is 20.7. The third-order valence-electron chi connectivity index (χ3n) is 2.21. The molecule has 2 nitrogen and oxygen atoms in total. The molecule has 0 atom stereocenters. The van der Waals surface area contributed by atoms with Crippen LogP contribution in [0.5, 0.6) is 0 Å². The molecular formula is C12H13FO2. The lowest BCUT2D eigenvalue weighted by Gasteiger charge is -2.14. The van der Waals surface area contributed by atoms with Crippen LogP contribution >= 0.6 is 0 Å². The molecule has 80 valence electrons. The standard InChI is InChI=1S/C12H13FO2/c13-11-5-3-10(4-6-11)12-2-1-7-14-8-9-15-12/h2-6H,1,7-9H2/b12-2-. The first-order valence-electron chi connectivity index (χ1n) is 5.03. The lowest BCUT2D eigenvalue weighted by Crippen LogP contribution is -2.07. The van der Waals surface area contributed by atoms with Gasteiger partial charge in [0.1, 0.15) is 18.2 Å². The highest BCUT2D eigenvalue weighted by atomic mass is 19.1. The van der Waals surface area contributed by atoms with Crippen molar-refractivity contribution in [3.05, 3.63) is 41.7 Å². The number of hydrogen-bond acceptors (Lipinski definition) is 2. The van der Waals surface area contributed by atoms with E-state index in [0.717, 1.165) is 17.7 Å². The highest BCUT2D eigenvalue weighted by molar-refractivity contribution is 5.59. The molecule has 0 aromatic heterocycles. The second-order valence-corrected chi connectivity index (χ2v) is 3.32. The molecule has 0 spiro atoms. The minimum atomic E-state index is -0.228. The van der Waals surface area contributed by atoms with E-state index < -0.39 is 0 Å². The SMILES string of the molecule is Fc1ccc(/C2=C/CCOCCO2)cc1. The summed E-state index contributed by atoms with van der Waals surface area (Å²) in [5.41, 5.74) is 0.915. The van der Waals surface area contributed by atoms with Crippen molar-refractivity contribution in [2.45, 2.75) is 6.42 Å². The molecule has 0 saturated heterocycles. The maximum absolute atomic E-state index is 12.7. The molecule has 3 heteroatoms. The Kier molecular flexibility index (Phi) is 3.35. The average Bonchev–Trinajstić information content (AvgIpc) is 2.19. The molecule has 0 amide bonds. The van der Waals surface area contributed by atoms with Crippen molar-refractivity contribution in [1.82, 2.24) is 0 Å². The van der Waals surface area contributed by atoms with E-state index in [1.54, 1.807) is 12.1 Å². The van der Waals surface area contributed by atoms with Crippen LogP contribution in [0.1, 0.15) is 12.0 Å². The van der Waals surface area contributed by atoms with Gasteiger partial charge in [-0.05, 0) is 36.8 Å². The van der Waals surface area contributed by atoms with Crippen molar-refractivity contribution in [2.24, 2.45) is 0 Å². The monoisotopic (exact) mass is 208 g/mol. The van der Waals surface area contributed by atoms with E-state index in [1.807, 2.05) is 6.08 Å². The number of hydrogen-bond donors (Lipinski definition) is 0. The van der Waals surface area contributed by atoms with E-state index >= 15 is 0 Å². The zero-order chi connectivity index (χ0) is 10.5. The number of halogens is 1. The van der Waals surface area contributed by atoms with Gasteiger partial charge in [-0.2, -0.15) is 0 Å². The van der Waals surface area contributed by atoms with Gasteiger partial charge in [-0.3, -0.25) is 0 Å². The lowest BCUT2D eigenvalue weighted by atomic mass is 10.1. The van der Waals surface area contributed by atoms with Crippen molar-refractivity contribution >= 4 is 5.76 Å². The molecule has 0 fully saturated rings. The van der Waals surface area contributed by atoms with Gasteiger partial charge in [0, 0.05) is 5.56 Å². The van der Waals surface area contributed by atoms with E-state index in [4.69, 9.17) is 9.47 Å². The zero-order valence-electron chi connectivity index (χ0n) is 8.41. The number of benzene rings is 1. The second-order valence-electron chi connectivity index (χ2n) is 3.32. The Morgan fingerprint density at radius 2 is 1.80 bits per heavy atom. The Labute approximate surface area is 88.3 Å². The van der Waals surface area contributed by atoms with Gasteiger partial charge < -0.3 is 9.47 Å². The predicted molar refractivity (Wildman–Crippen MR) is 55.8 cm³/mol. The molecule has 0 aliphatic carbocycles. The van der Waals surface area contributed by atoms with Crippen LogP contribution in [-0.2, 0) is 9.47 Å². The molecule has 1 aliphatic rings. The van der Waals surface area contributed by atoms with Crippen molar-refractivity contribution in [2.75, 3.05) is 19.8 Å². The summed E-state index contributed by atoms with van der Waals surface area (Å²) >= 11 is 0. The Morgan fingerprint density at radius 1 is 1.00 bits per heavy atom. The minimum absolute atomic E-state index is 0.228. The van der Waals surface area contributed by atoms with Crippen LogP contribution in [0.4, 0.5) is 4.39 Å².